The van der Waals surface area contributed by atoms with E-state index in [-0.39, 0.29) is 16.2 Å². The summed E-state index contributed by atoms with van der Waals surface area (Å²) in [5, 5.41) is 2.52. The fraction of sp³-hybridized carbons (Fsp3) is 0.500. The molecule has 0 spiro atoms. The zero-order chi connectivity index (χ0) is 18.2. The van der Waals surface area contributed by atoms with Gasteiger partial charge in [-0.05, 0) is 34.7 Å². The van der Waals surface area contributed by atoms with Gasteiger partial charge in [0, 0.05) is 21.9 Å². The van der Waals surface area contributed by atoms with E-state index in [4.69, 9.17) is 4.42 Å². The highest BCUT2D eigenvalue weighted by Gasteiger charge is 2.39. The second-order valence-electron chi connectivity index (χ2n) is 10.2. The lowest BCUT2D eigenvalue weighted by Gasteiger charge is -2.41. The average Bonchev–Trinajstić information content (AvgIpc) is 2.88. The third-order valence-corrected chi connectivity index (χ3v) is 6.26. The first-order chi connectivity index (χ1) is 11.5. The molecule has 1 nitrogen and oxygen atoms in total. The van der Waals surface area contributed by atoms with Crippen LogP contribution in [0.4, 0.5) is 0 Å². The first kappa shape index (κ1) is 16.7. The molecule has 132 valence electrons. The third-order valence-electron chi connectivity index (χ3n) is 6.26. The van der Waals surface area contributed by atoms with Crippen LogP contribution in [-0.4, -0.2) is 0 Å². The van der Waals surface area contributed by atoms with Crippen LogP contribution in [0.1, 0.15) is 78.0 Å². The SMILES string of the molecule is CC(C)(C)c1cccc2c1oc1c3c(ccc12)C(C)(C)CCC3(C)C. The Hall–Kier alpha value is -1.76. The second-order valence-corrected chi connectivity index (χ2v) is 10.2. The Bertz CT molecular complexity index is 977. The van der Waals surface area contributed by atoms with Crippen LogP contribution in [0.15, 0.2) is 34.7 Å². The number of rotatable bonds is 0. The molecule has 0 amide bonds. The van der Waals surface area contributed by atoms with E-state index in [1.165, 1.54) is 40.3 Å². The van der Waals surface area contributed by atoms with Gasteiger partial charge in [0.05, 0.1) is 0 Å². The van der Waals surface area contributed by atoms with Gasteiger partial charge in [0.2, 0.25) is 0 Å². The van der Waals surface area contributed by atoms with E-state index in [9.17, 15) is 0 Å². The summed E-state index contributed by atoms with van der Waals surface area (Å²) in [5.41, 5.74) is 6.81. The van der Waals surface area contributed by atoms with Gasteiger partial charge >= 0.3 is 0 Å². The molecule has 0 unspecified atom stereocenters. The van der Waals surface area contributed by atoms with Crippen LogP contribution in [0.25, 0.3) is 21.9 Å². The van der Waals surface area contributed by atoms with Gasteiger partial charge in [-0.2, -0.15) is 0 Å². The summed E-state index contributed by atoms with van der Waals surface area (Å²) in [6, 6.07) is 11.2. The molecule has 0 aliphatic heterocycles. The summed E-state index contributed by atoms with van der Waals surface area (Å²) in [4.78, 5) is 0. The van der Waals surface area contributed by atoms with Crippen molar-refractivity contribution in [1.29, 1.82) is 0 Å². The molecule has 0 saturated heterocycles. The lowest BCUT2D eigenvalue weighted by atomic mass is 9.63. The van der Waals surface area contributed by atoms with Crippen molar-refractivity contribution < 1.29 is 4.42 Å². The Morgan fingerprint density at radius 1 is 0.800 bits per heavy atom. The van der Waals surface area contributed by atoms with E-state index in [1.807, 2.05) is 0 Å². The van der Waals surface area contributed by atoms with Crippen LogP contribution in [0.2, 0.25) is 0 Å². The molecule has 3 aromatic rings. The zero-order valence-electron chi connectivity index (χ0n) is 16.7. The lowest BCUT2D eigenvalue weighted by molar-refractivity contribution is 0.331. The smallest absolute Gasteiger partial charge is 0.139 e. The van der Waals surface area contributed by atoms with Gasteiger partial charge in [0.15, 0.2) is 0 Å². The molecule has 0 saturated carbocycles. The largest absolute Gasteiger partial charge is 0.455 e. The topological polar surface area (TPSA) is 13.1 Å². The van der Waals surface area contributed by atoms with Crippen molar-refractivity contribution in [3.63, 3.8) is 0 Å². The molecule has 0 fully saturated rings. The molecule has 1 aliphatic rings. The van der Waals surface area contributed by atoms with Crippen LogP contribution in [0.5, 0.6) is 0 Å². The van der Waals surface area contributed by atoms with Crippen molar-refractivity contribution in [3.05, 3.63) is 47.0 Å². The number of benzene rings is 2. The minimum Gasteiger partial charge on any atom is -0.455 e. The zero-order valence-corrected chi connectivity index (χ0v) is 16.7. The Balaban J connectivity index is 2.16. The number of para-hydroxylation sites is 1. The predicted molar refractivity (Wildman–Crippen MR) is 108 cm³/mol. The van der Waals surface area contributed by atoms with Gasteiger partial charge in [-0.3, -0.25) is 0 Å². The van der Waals surface area contributed by atoms with Crippen molar-refractivity contribution in [2.75, 3.05) is 0 Å². The van der Waals surface area contributed by atoms with Gasteiger partial charge < -0.3 is 4.42 Å². The van der Waals surface area contributed by atoms with Crippen LogP contribution >= 0.6 is 0 Å². The van der Waals surface area contributed by atoms with Crippen molar-refractivity contribution >= 4 is 21.9 Å². The summed E-state index contributed by atoms with van der Waals surface area (Å²) >= 11 is 0. The maximum absolute atomic E-state index is 6.64. The first-order valence-corrected chi connectivity index (χ1v) is 9.52. The highest BCUT2D eigenvalue weighted by molar-refractivity contribution is 6.07. The van der Waals surface area contributed by atoms with Crippen molar-refractivity contribution in [2.24, 2.45) is 0 Å². The summed E-state index contributed by atoms with van der Waals surface area (Å²) < 4.78 is 6.64. The number of hydrogen-bond acceptors (Lipinski definition) is 1. The van der Waals surface area contributed by atoms with Crippen LogP contribution in [0, 0.1) is 0 Å². The van der Waals surface area contributed by atoms with E-state index in [2.05, 4.69) is 78.8 Å². The van der Waals surface area contributed by atoms with E-state index in [0.717, 1.165) is 11.2 Å². The summed E-state index contributed by atoms with van der Waals surface area (Å²) in [7, 11) is 0. The predicted octanol–water partition coefficient (Wildman–Crippen LogP) is 7.23. The summed E-state index contributed by atoms with van der Waals surface area (Å²) in [5.74, 6) is 0. The first-order valence-electron chi connectivity index (χ1n) is 9.52. The fourth-order valence-corrected chi connectivity index (χ4v) is 4.57. The van der Waals surface area contributed by atoms with Gasteiger partial charge in [-0.25, -0.2) is 0 Å². The van der Waals surface area contributed by atoms with Gasteiger partial charge in [0.1, 0.15) is 11.2 Å². The Labute approximate surface area is 151 Å². The van der Waals surface area contributed by atoms with Crippen LogP contribution in [0.3, 0.4) is 0 Å². The molecule has 1 heteroatoms. The molecule has 0 atom stereocenters. The number of hydrogen-bond donors (Lipinski definition) is 0. The molecule has 1 aromatic heterocycles. The quantitative estimate of drug-likeness (QED) is 0.422. The Morgan fingerprint density at radius 2 is 1.44 bits per heavy atom. The van der Waals surface area contributed by atoms with E-state index in [0.29, 0.717) is 0 Å². The van der Waals surface area contributed by atoms with E-state index in [1.54, 1.807) is 0 Å². The molecule has 2 aromatic carbocycles. The summed E-state index contributed by atoms with van der Waals surface area (Å²) in [6.45, 7) is 16.3. The molecular formula is C24H30O. The molecule has 0 radical (unpaired) electrons. The van der Waals surface area contributed by atoms with Gasteiger partial charge in [-0.15, -0.1) is 0 Å². The Kier molecular flexibility index (Phi) is 3.27. The lowest BCUT2D eigenvalue weighted by Crippen LogP contribution is -2.33. The average molecular weight is 335 g/mol. The van der Waals surface area contributed by atoms with Crippen LogP contribution in [-0.2, 0) is 16.2 Å². The molecule has 1 heterocycles. The normalized spacial score (nSPS) is 19.3. The van der Waals surface area contributed by atoms with Gasteiger partial charge in [0.25, 0.3) is 0 Å². The van der Waals surface area contributed by atoms with Crippen LogP contribution < -0.4 is 0 Å². The highest BCUT2D eigenvalue weighted by atomic mass is 16.3. The van der Waals surface area contributed by atoms with E-state index >= 15 is 0 Å². The van der Waals surface area contributed by atoms with Gasteiger partial charge in [-0.1, -0.05) is 78.8 Å². The molecular weight excluding hydrogens is 304 g/mol. The van der Waals surface area contributed by atoms with Crippen molar-refractivity contribution in [2.45, 2.75) is 77.6 Å². The maximum Gasteiger partial charge on any atom is 0.139 e. The fourth-order valence-electron chi connectivity index (χ4n) is 4.57. The maximum atomic E-state index is 6.64. The Morgan fingerprint density at radius 3 is 2.12 bits per heavy atom. The number of furan rings is 1. The number of fused-ring (bicyclic) bond motifs is 5. The minimum absolute atomic E-state index is 0.0717. The molecule has 1 aliphatic carbocycles. The molecule has 0 N–H and O–H groups in total. The molecule has 4 rings (SSSR count). The van der Waals surface area contributed by atoms with E-state index < -0.39 is 0 Å². The summed E-state index contributed by atoms with van der Waals surface area (Å²) in [6.07, 6.45) is 2.43. The third kappa shape index (κ3) is 2.35. The second kappa shape index (κ2) is 4.90. The monoisotopic (exact) mass is 334 g/mol. The molecule has 25 heavy (non-hydrogen) atoms. The molecule has 0 bridgehead atoms. The highest BCUT2D eigenvalue weighted by Crippen LogP contribution is 2.50. The minimum atomic E-state index is 0.0717. The standard InChI is InChI=1S/C24H30O/c1-22(2,3)18-10-8-9-15-16-11-12-17-19(21(16)25-20(15)18)24(6,7)14-13-23(17,4)5/h8-12H,13-14H2,1-7H3. The van der Waals surface area contributed by atoms with Crippen molar-refractivity contribution in [3.8, 4) is 0 Å². The van der Waals surface area contributed by atoms with Crippen molar-refractivity contribution in [1.82, 2.24) is 0 Å².